The monoisotopic (exact) mass is 429 g/mol. The van der Waals surface area contributed by atoms with Crippen LogP contribution in [0.25, 0.3) is 0 Å². The highest BCUT2D eigenvalue weighted by atomic mass is 16.5. The topological polar surface area (TPSA) is 93.5 Å². The Morgan fingerprint density at radius 2 is 1.91 bits per heavy atom. The van der Waals surface area contributed by atoms with Gasteiger partial charge in [0.05, 0.1) is 38.4 Å². The molecule has 32 heavy (non-hydrogen) atoms. The Labute approximate surface area is 186 Å². The molecule has 0 aliphatic heterocycles. The zero-order valence-electron chi connectivity index (χ0n) is 17.9. The van der Waals surface area contributed by atoms with Crippen molar-refractivity contribution in [1.82, 2.24) is 4.98 Å². The molecule has 0 spiro atoms. The number of rotatable bonds is 8. The van der Waals surface area contributed by atoms with Gasteiger partial charge >= 0.3 is 0 Å². The molecule has 4 rings (SSSR count). The standard InChI is InChI=1S/C25H23N3O4/c1-30-21-9-8-19(13-22(21)31-2)32-16-25(18-6-4-3-5-7-18)14-20(25)24(29)28-23-12-17(15-26)10-11-27-23/h3-13,20H,14,16H2,1-2H3,(H,27,28,29)/t20-,25+/m0/s1. The molecule has 1 saturated carbocycles. The fourth-order valence-electron chi connectivity index (χ4n) is 3.88. The van der Waals surface area contributed by atoms with Gasteiger partial charge in [-0.1, -0.05) is 30.3 Å². The number of hydrogen-bond donors (Lipinski definition) is 1. The van der Waals surface area contributed by atoms with Gasteiger partial charge in [0, 0.05) is 17.7 Å². The van der Waals surface area contributed by atoms with Crippen molar-refractivity contribution in [2.75, 3.05) is 26.1 Å². The van der Waals surface area contributed by atoms with Crippen molar-refractivity contribution in [3.63, 3.8) is 0 Å². The third kappa shape index (κ3) is 4.21. The maximum absolute atomic E-state index is 13.0. The first-order chi connectivity index (χ1) is 15.6. The molecule has 0 radical (unpaired) electrons. The summed E-state index contributed by atoms with van der Waals surface area (Å²) in [6, 6.07) is 20.5. The van der Waals surface area contributed by atoms with Crippen LogP contribution in [0.15, 0.2) is 66.9 Å². The lowest BCUT2D eigenvalue weighted by Crippen LogP contribution is -2.26. The van der Waals surface area contributed by atoms with Crippen molar-refractivity contribution in [3.8, 4) is 23.3 Å². The summed E-state index contributed by atoms with van der Waals surface area (Å²) in [4.78, 5) is 17.2. The highest BCUT2D eigenvalue weighted by Crippen LogP contribution is 2.55. The van der Waals surface area contributed by atoms with Gasteiger partial charge in [-0.3, -0.25) is 4.79 Å². The van der Waals surface area contributed by atoms with Crippen LogP contribution in [0.3, 0.4) is 0 Å². The van der Waals surface area contributed by atoms with Gasteiger partial charge in [0.15, 0.2) is 11.5 Å². The normalized spacial score (nSPS) is 18.8. The van der Waals surface area contributed by atoms with E-state index in [9.17, 15) is 4.79 Å². The van der Waals surface area contributed by atoms with E-state index in [0.29, 0.717) is 41.7 Å². The summed E-state index contributed by atoms with van der Waals surface area (Å²) < 4.78 is 16.8. The number of anilines is 1. The van der Waals surface area contributed by atoms with Gasteiger partial charge in [0.1, 0.15) is 11.6 Å². The molecule has 162 valence electrons. The van der Waals surface area contributed by atoms with Crippen LogP contribution in [0, 0.1) is 17.2 Å². The Balaban J connectivity index is 1.53. The lowest BCUT2D eigenvalue weighted by Gasteiger charge is -2.19. The van der Waals surface area contributed by atoms with Crippen molar-refractivity contribution in [1.29, 1.82) is 5.26 Å². The second kappa shape index (κ2) is 8.98. The van der Waals surface area contributed by atoms with E-state index < -0.39 is 5.41 Å². The maximum Gasteiger partial charge on any atom is 0.229 e. The first kappa shape index (κ1) is 21.2. The van der Waals surface area contributed by atoms with E-state index in [1.54, 1.807) is 38.5 Å². The fraction of sp³-hybridized carbons (Fsp3) is 0.240. The number of aromatic nitrogens is 1. The lowest BCUT2D eigenvalue weighted by atomic mass is 9.93. The van der Waals surface area contributed by atoms with E-state index in [0.717, 1.165) is 5.56 Å². The van der Waals surface area contributed by atoms with Crippen LogP contribution in [0.5, 0.6) is 17.2 Å². The Morgan fingerprint density at radius 3 is 2.62 bits per heavy atom. The van der Waals surface area contributed by atoms with Crippen LogP contribution < -0.4 is 19.5 Å². The van der Waals surface area contributed by atoms with Gasteiger partial charge < -0.3 is 19.5 Å². The largest absolute Gasteiger partial charge is 0.493 e. The SMILES string of the molecule is COc1ccc(OC[C@@]2(c3ccccc3)C[C@H]2C(=O)Nc2cc(C#N)ccn2)cc1OC. The van der Waals surface area contributed by atoms with Crippen LogP contribution >= 0.6 is 0 Å². The van der Waals surface area contributed by atoms with Gasteiger partial charge in [-0.25, -0.2) is 4.98 Å². The summed E-state index contributed by atoms with van der Waals surface area (Å²) in [5, 5.41) is 11.9. The van der Waals surface area contributed by atoms with Crippen LogP contribution in [0.1, 0.15) is 17.5 Å². The number of hydrogen-bond acceptors (Lipinski definition) is 6. The molecule has 3 aromatic rings. The molecule has 7 nitrogen and oxygen atoms in total. The average molecular weight is 429 g/mol. The van der Waals surface area contributed by atoms with E-state index in [1.807, 2.05) is 36.4 Å². The molecule has 1 fully saturated rings. The summed E-state index contributed by atoms with van der Waals surface area (Å²) in [6.45, 7) is 0.330. The average Bonchev–Trinajstić information content (AvgIpc) is 3.59. The molecule has 2 atom stereocenters. The molecule has 0 unspecified atom stereocenters. The minimum Gasteiger partial charge on any atom is -0.493 e. The van der Waals surface area contributed by atoms with Gasteiger partial charge in [0.25, 0.3) is 0 Å². The maximum atomic E-state index is 13.0. The molecule has 7 heteroatoms. The second-order valence-electron chi connectivity index (χ2n) is 7.62. The molecule has 1 aromatic heterocycles. The van der Waals surface area contributed by atoms with Crippen molar-refractivity contribution >= 4 is 11.7 Å². The Bertz CT molecular complexity index is 1160. The number of carbonyl (C=O) groups excluding carboxylic acids is 1. The number of amides is 1. The van der Waals surface area contributed by atoms with Crippen molar-refractivity contribution in [3.05, 3.63) is 78.0 Å². The third-order valence-electron chi connectivity index (χ3n) is 5.73. The minimum atomic E-state index is -0.453. The lowest BCUT2D eigenvalue weighted by molar-refractivity contribution is -0.117. The smallest absolute Gasteiger partial charge is 0.229 e. The molecule has 1 heterocycles. The molecule has 1 aliphatic rings. The van der Waals surface area contributed by atoms with Gasteiger partial charge in [-0.2, -0.15) is 5.26 Å². The summed E-state index contributed by atoms with van der Waals surface area (Å²) >= 11 is 0. The highest BCUT2D eigenvalue weighted by molar-refractivity contribution is 5.95. The number of nitrogens with zero attached hydrogens (tertiary/aromatic N) is 2. The Morgan fingerprint density at radius 1 is 1.12 bits per heavy atom. The molecular weight excluding hydrogens is 406 g/mol. The molecule has 2 aromatic carbocycles. The first-order valence-electron chi connectivity index (χ1n) is 10.2. The molecule has 0 saturated heterocycles. The Kier molecular flexibility index (Phi) is 5.95. The van der Waals surface area contributed by atoms with E-state index in [4.69, 9.17) is 19.5 Å². The Hall–Kier alpha value is -4.05. The van der Waals surface area contributed by atoms with Crippen molar-refractivity contribution in [2.45, 2.75) is 11.8 Å². The summed E-state index contributed by atoms with van der Waals surface area (Å²) in [6.07, 6.45) is 2.15. The highest BCUT2D eigenvalue weighted by Gasteiger charge is 2.60. The predicted octanol–water partition coefficient (Wildman–Crippen LogP) is 3.95. The van der Waals surface area contributed by atoms with E-state index in [1.165, 1.54) is 6.20 Å². The second-order valence-corrected chi connectivity index (χ2v) is 7.62. The summed E-state index contributed by atoms with van der Waals surface area (Å²) in [5.41, 5.74) is 1.03. The van der Waals surface area contributed by atoms with Crippen LogP contribution in [0.2, 0.25) is 0 Å². The van der Waals surface area contributed by atoms with Crippen LogP contribution in [0.4, 0.5) is 5.82 Å². The van der Waals surface area contributed by atoms with Gasteiger partial charge in [-0.15, -0.1) is 0 Å². The fourth-order valence-corrected chi connectivity index (χ4v) is 3.88. The first-order valence-corrected chi connectivity index (χ1v) is 10.2. The van der Waals surface area contributed by atoms with Crippen LogP contribution in [-0.2, 0) is 10.2 Å². The third-order valence-corrected chi connectivity index (χ3v) is 5.73. The number of nitrogens with one attached hydrogen (secondary N) is 1. The molecule has 1 N–H and O–H groups in total. The number of pyridine rings is 1. The number of methoxy groups -OCH3 is 2. The zero-order valence-corrected chi connectivity index (χ0v) is 17.9. The molecular formula is C25H23N3O4. The van der Waals surface area contributed by atoms with Gasteiger partial charge in [-0.05, 0) is 36.2 Å². The molecule has 1 amide bonds. The predicted molar refractivity (Wildman–Crippen MR) is 119 cm³/mol. The van der Waals surface area contributed by atoms with E-state index in [2.05, 4.69) is 16.4 Å². The summed E-state index contributed by atoms with van der Waals surface area (Å²) in [5.74, 6) is 1.77. The number of nitriles is 1. The summed E-state index contributed by atoms with van der Waals surface area (Å²) in [7, 11) is 3.15. The van der Waals surface area contributed by atoms with Gasteiger partial charge in [0.2, 0.25) is 5.91 Å². The molecule has 1 aliphatic carbocycles. The number of ether oxygens (including phenoxy) is 3. The number of carbonyl (C=O) groups is 1. The van der Waals surface area contributed by atoms with E-state index in [-0.39, 0.29) is 11.8 Å². The number of benzene rings is 2. The van der Waals surface area contributed by atoms with Crippen molar-refractivity contribution < 1.29 is 19.0 Å². The van der Waals surface area contributed by atoms with Crippen molar-refractivity contribution in [2.24, 2.45) is 5.92 Å². The quantitative estimate of drug-likeness (QED) is 0.583. The minimum absolute atomic E-state index is 0.146. The van der Waals surface area contributed by atoms with E-state index >= 15 is 0 Å². The van der Waals surface area contributed by atoms with Crippen LogP contribution in [-0.4, -0.2) is 31.7 Å². The zero-order chi connectivity index (χ0) is 22.6. The molecule has 0 bridgehead atoms.